The number of hydrogen-bond donors (Lipinski definition) is 0. The number of hydrogen-bond acceptors (Lipinski definition) is 3. The topological polar surface area (TPSA) is 38.9 Å². The minimum Gasteiger partial charge on any atom is -0.419 e. The second kappa shape index (κ2) is 4.39. The van der Waals surface area contributed by atoms with Crippen LogP contribution in [0.1, 0.15) is 5.89 Å². The number of alkyl halides is 1. The van der Waals surface area contributed by atoms with E-state index in [0.29, 0.717) is 27.4 Å². The normalized spacial score (nSPS) is 10.6. The standard InChI is InChI=1S/C9H5Cl3N2O/c10-4-8-13-14-9(15-8)5-1-6(11)3-7(12)2-5/h1-3H,4H2. The van der Waals surface area contributed by atoms with E-state index in [9.17, 15) is 0 Å². The van der Waals surface area contributed by atoms with Gasteiger partial charge in [-0.05, 0) is 18.2 Å². The zero-order valence-electron chi connectivity index (χ0n) is 7.38. The maximum Gasteiger partial charge on any atom is 0.247 e. The van der Waals surface area contributed by atoms with E-state index >= 15 is 0 Å². The minimum absolute atomic E-state index is 0.182. The lowest BCUT2D eigenvalue weighted by atomic mass is 10.2. The Morgan fingerprint density at radius 3 is 2.27 bits per heavy atom. The number of nitrogens with zero attached hydrogens (tertiary/aromatic N) is 2. The quantitative estimate of drug-likeness (QED) is 0.774. The van der Waals surface area contributed by atoms with Crippen molar-refractivity contribution in [2.45, 2.75) is 5.88 Å². The summed E-state index contributed by atoms with van der Waals surface area (Å²) in [5.41, 5.74) is 0.677. The SMILES string of the molecule is ClCc1nnc(-c2cc(Cl)cc(Cl)c2)o1. The van der Waals surface area contributed by atoms with E-state index in [-0.39, 0.29) is 5.88 Å². The maximum absolute atomic E-state index is 5.84. The Kier molecular flexibility index (Phi) is 3.14. The van der Waals surface area contributed by atoms with Gasteiger partial charge in [0.1, 0.15) is 5.88 Å². The van der Waals surface area contributed by atoms with E-state index in [0.717, 1.165) is 0 Å². The van der Waals surface area contributed by atoms with Crippen LogP contribution in [0, 0.1) is 0 Å². The average Bonchev–Trinajstić information content (AvgIpc) is 2.64. The first-order valence-corrected chi connectivity index (χ1v) is 5.33. The van der Waals surface area contributed by atoms with Crippen LogP contribution >= 0.6 is 34.8 Å². The van der Waals surface area contributed by atoms with Crippen molar-refractivity contribution < 1.29 is 4.42 Å². The van der Waals surface area contributed by atoms with E-state index in [1.54, 1.807) is 18.2 Å². The van der Waals surface area contributed by atoms with Crippen LogP contribution in [0.4, 0.5) is 0 Å². The van der Waals surface area contributed by atoms with Gasteiger partial charge in [-0.15, -0.1) is 21.8 Å². The summed E-state index contributed by atoms with van der Waals surface area (Å²) in [4.78, 5) is 0. The van der Waals surface area contributed by atoms with Gasteiger partial charge >= 0.3 is 0 Å². The van der Waals surface area contributed by atoms with Crippen LogP contribution in [-0.4, -0.2) is 10.2 Å². The Bertz CT molecular complexity index is 464. The Hall–Kier alpha value is -0.770. The van der Waals surface area contributed by atoms with Gasteiger partial charge in [-0.1, -0.05) is 23.2 Å². The van der Waals surface area contributed by atoms with Crippen LogP contribution in [0.2, 0.25) is 10.0 Å². The van der Waals surface area contributed by atoms with Crippen molar-refractivity contribution >= 4 is 34.8 Å². The van der Waals surface area contributed by atoms with Gasteiger partial charge < -0.3 is 4.42 Å². The molecule has 0 bridgehead atoms. The Morgan fingerprint density at radius 1 is 1.07 bits per heavy atom. The van der Waals surface area contributed by atoms with E-state index in [4.69, 9.17) is 39.2 Å². The van der Waals surface area contributed by atoms with Gasteiger partial charge in [-0.25, -0.2) is 0 Å². The molecule has 2 rings (SSSR count). The molecule has 6 heteroatoms. The lowest BCUT2D eigenvalue weighted by molar-refractivity contribution is 0.527. The zero-order chi connectivity index (χ0) is 10.8. The summed E-state index contributed by atoms with van der Waals surface area (Å²) in [5, 5.41) is 8.59. The molecular formula is C9H5Cl3N2O. The molecule has 0 radical (unpaired) electrons. The molecule has 78 valence electrons. The second-order valence-electron chi connectivity index (χ2n) is 2.79. The molecular weight excluding hydrogens is 258 g/mol. The second-order valence-corrected chi connectivity index (χ2v) is 3.93. The highest BCUT2D eigenvalue weighted by molar-refractivity contribution is 6.35. The monoisotopic (exact) mass is 262 g/mol. The van der Waals surface area contributed by atoms with Crippen molar-refractivity contribution in [3.8, 4) is 11.5 Å². The predicted molar refractivity (Wildman–Crippen MR) is 59.3 cm³/mol. The first-order chi connectivity index (χ1) is 7.19. The molecule has 0 saturated carbocycles. The van der Waals surface area contributed by atoms with Crippen molar-refractivity contribution in [2.75, 3.05) is 0 Å². The minimum atomic E-state index is 0.182. The van der Waals surface area contributed by atoms with Gasteiger partial charge in [0.2, 0.25) is 11.8 Å². The van der Waals surface area contributed by atoms with Crippen LogP contribution in [0.25, 0.3) is 11.5 Å². The summed E-state index contributed by atoms with van der Waals surface area (Å²) < 4.78 is 5.26. The fourth-order valence-corrected chi connectivity index (χ4v) is 1.74. The molecule has 0 spiro atoms. The average molecular weight is 264 g/mol. The Balaban J connectivity index is 2.44. The zero-order valence-corrected chi connectivity index (χ0v) is 9.64. The fourth-order valence-electron chi connectivity index (χ4n) is 1.10. The smallest absolute Gasteiger partial charge is 0.247 e. The first-order valence-electron chi connectivity index (χ1n) is 4.04. The highest BCUT2D eigenvalue weighted by Crippen LogP contribution is 2.26. The lowest BCUT2D eigenvalue weighted by Crippen LogP contribution is -1.78. The molecule has 1 heterocycles. The Labute approximate surface area is 101 Å². The molecule has 0 aliphatic heterocycles. The molecule has 0 aliphatic rings. The van der Waals surface area contributed by atoms with Crippen LogP contribution in [0.5, 0.6) is 0 Å². The number of aromatic nitrogens is 2. The fraction of sp³-hybridized carbons (Fsp3) is 0.111. The molecule has 0 N–H and O–H groups in total. The van der Waals surface area contributed by atoms with Gasteiger partial charge in [0, 0.05) is 15.6 Å². The molecule has 15 heavy (non-hydrogen) atoms. The van der Waals surface area contributed by atoms with Crippen LogP contribution in [0.15, 0.2) is 22.6 Å². The highest BCUT2D eigenvalue weighted by Gasteiger charge is 2.09. The van der Waals surface area contributed by atoms with Crippen LogP contribution < -0.4 is 0 Å². The van der Waals surface area contributed by atoms with Crippen molar-refractivity contribution in [1.29, 1.82) is 0 Å². The summed E-state index contributed by atoms with van der Waals surface area (Å²) in [6, 6.07) is 5.02. The molecule has 0 atom stereocenters. The number of benzene rings is 1. The lowest BCUT2D eigenvalue weighted by Gasteiger charge is -1.97. The maximum atomic E-state index is 5.84. The van der Waals surface area contributed by atoms with Crippen molar-refractivity contribution in [1.82, 2.24) is 10.2 Å². The number of rotatable bonds is 2. The third-order valence-corrected chi connectivity index (χ3v) is 2.36. The molecule has 1 aromatic carbocycles. The van der Waals surface area contributed by atoms with E-state index < -0.39 is 0 Å². The molecule has 0 saturated heterocycles. The van der Waals surface area contributed by atoms with Crippen molar-refractivity contribution in [3.05, 3.63) is 34.1 Å². The molecule has 0 aliphatic carbocycles. The van der Waals surface area contributed by atoms with E-state index in [1.807, 2.05) is 0 Å². The summed E-state index contributed by atoms with van der Waals surface area (Å²) in [7, 11) is 0. The summed E-state index contributed by atoms with van der Waals surface area (Å²) in [5.74, 6) is 0.902. The van der Waals surface area contributed by atoms with E-state index in [2.05, 4.69) is 10.2 Å². The molecule has 1 aromatic heterocycles. The molecule has 3 nitrogen and oxygen atoms in total. The highest BCUT2D eigenvalue weighted by atomic mass is 35.5. The molecule has 0 fully saturated rings. The first kappa shape index (κ1) is 10.7. The molecule has 2 aromatic rings. The summed E-state index contributed by atoms with van der Waals surface area (Å²) in [6.45, 7) is 0. The van der Waals surface area contributed by atoms with Gasteiger partial charge in [0.15, 0.2) is 0 Å². The summed E-state index contributed by atoms with van der Waals surface area (Å²) in [6.07, 6.45) is 0. The molecule has 0 unspecified atom stereocenters. The predicted octanol–water partition coefficient (Wildman–Crippen LogP) is 3.78. The number of halogens is 3. The van der Waals surface area contributed by atoms with Crippen LogP contribution in [0.3, 0.4) is 0 Å². The van der Waals surface area contributed by atoms with E-state index in [1.165, 1.54) is 0 Å². The van der Waals surface area contributed by atoms with Crippen molar-refractivity contribution in [3.63, 3.8) is 0 Å². The van der Waals surface area contributed by atoms with Crippen LogP contribution in [-0.2, 0) is 5.88 Å². The van der Waals surface area contributed by atoms with Gasteiger partial charge in [0.25, 0.3) is 0 Å². The van der Waals surface area contributed by atoms with Gasteiger partial charge in [0.05, 0.1) is 0 Å². The third-order valence-electron chi connectivity index (χ3n) is 1.69. The van der Waals surface area contributed by atoms with Gasteiger partial charge in [-0.3, -0.25) is 0 Å². The van der Waals surface area contributed by atoms with Crippen molar-refractivity contribution in [2.24, 2.45) is 0 Å². The Morgan fingerprint density at radius 2 is 1.73 bits per heavy atom. The largest absolute Gasteiger partial charge is 0.419 e. The third kappa shape index (κ3) is 2.43. The molecule has 0 amide bonds. The van der Waals surface area contributed by atoms with Gasteiger partial charge in [-0.2, -0.15) is 0 Å². The summed E-state index contributed by atoms with van der Waals surface area (Å²) >= 11 is 17.2.